The average Bonchev–Trinajstić information content (AvgIpc) is 2.07. The average molecular weight is 191 g/mol. The number of nitrogens with zero attached hydrogens (tertiary/aromatic N) is 1. The fourth-order valence-corrected chi connectivity index (χ4v) is 1.54. The third kappa shape index (κ3) is 2.72. The maximum absolute atomic E-state index is 11.0. The minimum atomic E-state index is -0.263. The summed E-state index contributed by atoms with van der Waals surface area (Å²) in [5.41, 5.74) is 0. The van der Waals surface area contributed by atoms with Crippen molar-refractivity contribution in [3.63, 3.8) is 0 Å². The summed E-state index contributed by atoms with van der Waals surface area (Å²) in [4.78, 5) is 12.7. The zero-order valence-corrected chi connectivity index (χ0v) is 7.87. The Hall–Kier alpha value is -0.210. The number of amides is 1. The van der Waals surface area contributed by atoms with Crippen molar-refractivity contribution in [1.82, 2.24) is 4.90 Å². The molecule has 0 radical (unpaired) electrons. The maximum atomic E-state index is 11.0. The van der Waals surface area contributed by atoms with Crippen LogP contribution >= 0.6 is 7.58 Å². The van der Waals surface area contributed by atoms with E-state index in [0.717, 1.165) is 25.9 Å². The van der Waals surface area contributed by atoms with Crippen LogP contribution in [0.3, 0.4) is 0 Å². The molecule has 0 N–H and O–H groups in total. The molecular formula is C6H10NO2PS. The number of likely N-dealkylation sites (tertiary alicyclic amines) is 1. The van der Waals surface area contributed by atoms with Crippen molar-refractivity contribution in [2.24, 2.45) is 0 Å². The highest BCUT2D eigenvalue weighted by Gasteiger charge is 2.16. The predicted molar refractivity (Wildman–Crippen MR) is 46.2 cm³/mol. The van der Waals surface area contributed by atoms with E-state index in [4.69, 9.17) is 0 Å². The molecule has 3 nitrogen and oxygen atoms in total. The van der Waals surface area contributed by atoms with E-state index in [1.165, 1.54) is 6.42 Å². The van der Waals surface area contributed by atoms with E-state index >= 15 is 0 Å². The number of hydrogen-bond donors (Lipinski definition) is 0. The minimum Gasteiger partial charge on any atom is -0.379 e. The summed E-state index contributed by atoms with van der Waals surface area (Å²) in [6, 6.07) is 0. The highest BCUT2D eigenvalue weighted by Crippen LogP contribution is 2.11. The van der Waals surface area contributed by atoms with E-state index in [9.17, 15) is 4.79 Å². The van der Waals surface area contributed by atoms with Crippen LogP contribution in [0.15, 0.2) is 0 Å². The first-order chi connectivity index (χ1) is 5.34. The lowest BCUT2D eigenvalue weighted by Gasteiger charge is -2.24. The third-order valence-electron chi connectivity index (χ3n) is 1.73. The van der Waals surface area contributed by atoms with Gasteiger partial charge in [-0.25, -0.2) is 4.79 Å². The van der Waals surface area contributed by atoms with Crippen LogP contribution in [0.5, 0.6) is 0 Å². The molecule has 0 spiro atoms. The van der Waals surface area contributed by atoms with Crippen molar-refractivity contribution in [2.75, 3.05) is 13.1 Å². The number of hydrogen-bond acceptors (Lipinski definition) is 3. The van der Waals surface area contributed by atoms with Gasteiger partial charge < -0.3 is 9.42 Å². The van der Waals surface area contributed by atoms with E-state index < -0.39 is 0 Å². The van der Waals surface area contributed by atoms with Crippen molar-refractivity contribution < 1.29 is 9.32 Å². The van der Waals surface area contributed by atoms with Gasteiger partial charge in [-0.1, -0.05) is 0 Å². The van der Waals surface area contributed by atoms with Crippen molar-refractivity contribution in [2.45, 2.75) is 19.3 Å². The van der Waals surface area contributed by atoms with Gasteiger partial charge in [-0.05, 0) is 31.1 Å². The van der Waals surface area contributed by atoms with E-state index in [0.29, 0.717) is 0 Å². The van der Waals surface area contributed by atoms with E-state index in [2.05, 4.69) is 16.3 Å². The van der Waals surface area contributed by atoms with Crippen LogP contribution in [0.1, 0.15) is 19.3 Å². The van der Waals surface area contributed by atoms with Crippen LogP contribution < -0.4 is 0 Å². The fraction of sp³-hybridized carbons (Fsp3) is 0.833. The van der Waals surface area contributed by atoms with Crippen molar-refractivity contribution in [3.05, 3.63) is 0 Å². The minimum absolute atomic E-state index is 0.263. The van der Waals surface area contributed by atoms with Gasteiger partial charge in [0.1, 0.15) is 0 Å². The molecule has 1 fully saturated rings. The summed E-state index contributed by atoms with van der Waals surface area (Å²) in [6.45, 7) is 1.65. The molecule has 62 valence electrons. The monoisotopic (exact) mass is 191 g/mol. The second kappa shape index (κ2) is 4.62. The second-order valence-electron chi connectivity index (χ2n) is 2.48. The Morgan fingerprint density at radius 3 is 2.55 bits per heavy atom. The lowest BCUT2D eigenvalue weighted by Crippen LogP contribution is -2.34. The predicted octanol–water partition coefficient (Wildman–Crippen LogP) is 1.93. The summed E-state index contributed by atoms with van der Waals surface area (Å²) < 4.78 is 4.66. The van der Waals surface area contributed by atoms with Crippen LogP contribution in [-0.4, -0.2) is 24.1 Å². The molecule has 1 rings (SSSR count). The summed E-state index contributed by atoms with van der Waals surface area (Å²) in [5.74, 6) is 0. The summed E-state index contributed by atoms with van der Waals surface area (Å²) in [6.07, 6.45) is 3.13. The van der Waals surface area contributed by atoms with Crippen molar-refractivity contribution in [3.8, 4) is 0 Å². The molecule has 0 aliphatic carbocycles. The summed E-state index contributed by atoms with van der Waals surface area (Å²) >= 11 is 4.50. The van der Waals surface area contributed by atoms with Gasteiger partial charge in [0.15, 0.2) is 0 Å². The van der Waals surface area contributed by atoms with Gasteiger partial charge in [-0.3, -0.25) is 0 Å². The van der Waals surface area contributed by atoms with Gasteiger partial charge in [0.05, 0.1) is 0 Å². The largest absolute Gasteiger partial charge is 0.418 e. The quantitative estimate of drug-likeness (QED) is 0.593. The Morgan fingerprint density at radius 1 is 1.36 bits per heavy atom. The van der Waals surface area contributed by atoms with Crippen molar-refractivity contribution >= 4 is 25.5 Å². The summed E-state index contributed by atoms with van der Waals surface area (Å²) in [7, 11) is 0.275. The SMILES string of the molecule is O=C(OP=S)N1CCCCC1. The Morgan fingerprint density at radius 2 is 2.00 bits per heavy atom. The molecule has 0 saturated carbocycles. The highest BCUT2D eigenvalue weighted by molar-refractivity contribution is 7.94. The second-order valence-corrected chi connectivity index (χ2v) is 3.26. The summed E-state index contributed by atoms with van der Waals surface area (Å²) in [5, 5.41) is 0. The van der Waals surface area contributed by atoms with Gasteiger partial charge >= 0.3 is 6.09 Å². The molecule has 0 aromatic heterocycles. The maximum Gasteiger partial charge on any atom is 0.418 e. The molecule has 11 heavy (non-hydrogen) atoms. The number of carbonyl (C=O) groups is 1. The van der Waals surface area contributed by atoms with Gasteiger partial charge in [-0.2, -0.15) is 0 Å². The molecule has 0 aromatic rings. The molecule has 1 aliphatic heterocycles. The molecule has 5 heteroatoms. The van der Waals surface area contributed by atoms with Gasteiger partial charge in [0.25, 0.3) is 0 Å². The van der Waals surface area contributed by atoms with E-state index in [-0.39, 0.29) is 13.7 Å². The molecular weight excluding hydrogens is 181 g/mol. The lowest BCUT2D eigenvalue weighted by molar-refractivity contribution is 0.149. The molecule has 1 aliphatic rings. The topological polar surface area (TPSA) is 29.5 Å². The molecule has 1 amide bonds. The highest BCUT2D eigenvalue weighted by atomic mass is 32.4. The van der Waals surface area contributed by atoms with Crippen molar-refractivity contribution in [1.29, 1.82) is 0 Å². The van der Waals surface area contributed by atoms with Gasteiger partial charge in [0, 0.05) is 13.1 Å². The normalized spacial score (nSPS) is 18.4. The number of rotatable bonds is 1. The fourth-order valence-electron chi connectivity index (χ4n) is 1.17. The van der Waals surface area contributed by atoms with Crippen LogP contribution in [0.2, 0.25) is 0 Å². The first kappa shape index (κ1) is 8.88. The Balaban J connectivity index is 2.32. The van der Waals surface area contributed by atoms with Crippen LogP contribution in [-0.2, 0) is 16.3 Å². The Kier molecular flexibility index (Phi) is 3.73. The molecule has 1 saturated heterocycles. The molecule has 0 aromatic carbocycles. The first-order valence-corrected chi connectivity index (χ1v) is 5.46. The van der Waals surface area contributed by atoms with E-state index in [1.807, 2.05) is 0 Å². The van der Waals surface area contributed by atoms with Gasteiger partial charge in [-0.15, -0.1) is 0 Å². The third-order valence-corrected chi connectivity index (χ3v) is 2.18. The van der Waals surface area contributed by atoms with Crippen LogP contribution in [0.4, 0.5) is 4.79 Å². The lowest BCUT2D eigenvalue weighted by atomic mass is 10.1. The van der Waals surface area contributed by atoms with Crippen LogP contribution in [0, 0.1) is 0 Å². The Bertz CT molecular complexity index is 159. The number of carbonyl (C=O) groups excluding carboxylic acids is 1. The zero-order valence-electron chi connectivity index (χ0n) is 6.15. The number of piperidine rings is 1. The van der Waals surface area contributed by atoms with Gasteiger partial charge in [0.2, 0.25) is 7.58 Å². The molecule has 0 bridgehead atoms. The zero-order chi connectivity index (χ0) is 8.10. The molecule has 0 atom stereocenters. The standard InChI is InChI=1S/C6H10NO2PS/c8-6(9-10-11)7-4-2-1-3-5-7/h1-5H2. The van der Waals surface area contributed by atoms with E-state index in [1.54, 1.807) is 4.90 Å². The van der Waals surface area contributed by atoms with Crippen LogP contribution in [0.25, 0.3) is 0 Å². The molecule has 1 heterocycles. The Labute approximate surface area is 72.6 Å². The smallest absolute Gasteiger partial charge is 0.379 e. The first-order valence-electron chi connectivity index (χ1n) is 3.63. The molecule has 0 unspecified atom stereocenters.